The number of carbonyl (C=O) groups is 1. The molecule has 0 spiro atoms. The number of nitrogens with zero attached hydrogens (tertiary/aromatic N) is 2. The zero-order valence-corrected chi connectivity index (χ0v) is 17.2. The van der Waals surface area contributed by atoms with Crippen LogP contribution in [0.3, 0.4) is 0 Å². The highest BCUT2D eigenvalue weighted by Crippen LogP contribution is 2.42. The van der Waals surface area contributed by atoms with E-state index in [-0.39, 0.29) is 34.5 Å². The SMILES string of the molecule is CCS(=O)(=O)c1ccc(O)c(NC(=O)C(C)Cn2nc(C(F)(F)F)cc2C2CC2)c1. The van der Waals surface area contributed by atoms with Gasteiger partial charge < -0.3 is 10.4 Å². The molecule has 1 unspecified atom stereocenters. The number of hydrogen-bond acceptors (Lipinski definition) is 5. The highest BCUT2D eigenvalue weighted by atomic mass is 32.2. The molecule has 0 aliphatic heterocycles. The molecule has 1 aliphatic rings. The molecule has 1 aliphatic carbocycles. The first-order valence-electron chi connectivity index (χ1n) is 9.44. The van der Waals surface area contributed by atoms with Gasteiger partial charge in [-0.05, 0) is 37.1 Å². The van der Waals surface area contributed by atoms with E-state index in [0.717, 1.165) is 31.0 Å². The number of benzene rings is 1. The van der Waals surface area contributed by atoms with Crippen LogP contribution in [0.4, 0.5) is 18.9 Å². The average Bonchev–Trinajstić information content (AvgIpc) is 3.42. The lowest BCUT2D eigenvalue weighted by Gasteiger charge is -2.15. The Balaban J connectivity index is 1.78. The normalized spacial score (nSPS) is 15.8. The van der Waals surface area contributed by atoms with E-state index in [2.05, 4.69) is 10.4 Å². The molecule has 7 nitrogen and oxygen atoms in total. The molecule has 30 heavy (non-hydrogen) atoms. The predicted octanol–water partition coefficient (Wildman–Crippen LogP) is 3.55. The monoisotopic (exact) mass is 445 g/mol. The molecule has 1 saturated carbocycles. The number of nitrogens with one attached hydrogen (secondary N) is 1. The first-order chi connectivity index (χ1) is 13.9. The fourth-order valence-electron chi connectivity index (χ4n) is 3.00. The number of alkyl halides is 3. The topological polar surface area (TPSA) is 101 Å². The van der Waals surface area contributed by atoms with Gasteiger partial charge in [0.05, 0.1) is 28.8 Å². The summed E-state index contributed by atoms with van der Waals surface area (Å²) in [7, 11) is -3.54. The molecule has 1 amide bonds. The molecule has 11 heteroatoms. The van der Waals surface area contributed by atoms with Gasteiger partial charge in [-0.3, -0.25) is 9.48 Å². The molecule has 1 heterocycles. The largest absolute Gasteiger partial charge is 0.506 e. The second-order valence-electron chi connectivity index (χ2n) is 7.38. The Labute approximate surface area is 171 Å². The molecular formula is C19H22F3N3O4S. The van der Waals surface area contributed by atoms with Crippen LogP contribution in [0.15, 0.2) is 29.2 Å². The van der Waals surface area contributed by atoms with Crippen molar-refractivity contribution >= 4 is 21.4 Å². The van der Waals surface area contributed by atoms with E-state index in [0.29, 0.717) is 5.69 Å². The Kier molecular flexibility index (Phi) is 5.85. The third-order valence-electron chi connectivity index (χ3n) is 4.96. The minimum absolute atomic E-state index is 0.00355. The number of hydrogen-bond donors (Lipinski definition) is 2. The third-order valence-corrected chi connectivity index (χ3v) is 6.69. The Morgan fingerprint density at radius 2 is 2.00 bits per heavy atom. The summed E-state index contributed by atoms with van der Waals surface area (Å²) in [4.78, 5) is 12.5. The predicted molar refractivity (Wildman–Crippen MR) is 103 cm³/mol. The zero-order chi connectivity index (χ0) is 22.3. The smallest absolute Gasteiger partial charge is 0.435 e. The number of halogens is 3. The van der Waals surface area contributed by atoms with Crippen molar-refractivity contribution in [3.8, 4) is 5.75 Å². The lowest BCUT2D eigenvalue weighted by atomic mass is 10.1. The van der Waals surface area contributed by atoms with Crippen molar-refractivity contribution in [3.05, 3.63) is 35.7 Å². The van der Waals surface area contributed by atoms with Crippen LogP contribution in [0.25, 0.3) is 0 Å². The van der Waals surface area contributed by atoms with Gasteiger partial charge in [-0.1, -0.05) is 13.8 Å². The summed E-state index contributed by atoms with van der Waals surface area (Å²) in [5.74, 6) is -1.82. The summed E-state index contributed by atoms with van der Waals surface area (Å²) in [6.07, 6.45) is -3.02. The van der Waals surface area contributed by atoms with Crippen LogP contribution in [-0.2, 0) is 27.4 Å². The van der Waals surface area contributed by atoms with Gasteiger partial charge in [0.2, 0.25) is 5.91 Å². The first-order valence-corrected chi connectivity index (χ1v) is 11.1. The van der Waals surface area contributed by atoms with Gasteiger partial charge in [0.25, 0.3) is 0 Å². The van der Waals surface area contributed by atoms with Gasteiger partial charge >= 0.3 is 6.18 Å². The van der Waals surface area contributed by atoms with Crippen LogP contribution in [0.1, 0.15) is 44.0 Å². The number of carbonyl (C=O) groups excluding carboxylic acids is 1. The number of aromatic nitrogens is 2. The van der Waals surface area contributed by atoms with Crippen LogP contribution in [0.5, 0.6) is 5.75 Å². The quantitative estimate of drug-likeness (QED) is 0.635. The van der Waals surface area contributed by atoms with E-state index < -0.39 is 33.5 Å². The molecule has 0 saturated heterocycles. The molecule has 0 radical (unpaired) electrons. The van der Waals surface area contributed by atoms with Crippen molar-refractivity contribution in [2.45, 2.75) is 50.2 Å². The van der Waals surface area contributed by atoms with Crippen LogP contribution in [0, 0.1) is 5.92 Å². The van der Waals surface area contributed by atoms with E-state index in [9.17, 15) is 31.5 Å². The number of phenolic OH excluding ortho intramolecular Hbond substituents is 1. The standard InChI is InChI=1S/C19H22F3N3O4S/c1-3-30(28,29)13-6-7-16(26)14(8-13)23-18(27)11(2)10-25-15(12-4-5-12)9-17(24-25)19(20,21)22/h6-9,11-12,26H,3-5,10H2,1-2H3,(H,23,27). The van der Waals surface area contributed by atoms with Gasteiger partial charge in [0, 0.05) is 11.6 Å². The van der Waals surface area contributed by atoms with E-state index in [1.165, 1.54) is 24.6 Å². The minimum atomic E-state index is -4.57. The Morgan fingerprint density at radius 3 is 2.57 bits per heavy atom. The molecule has 0 bridgehead atoms. The van der Waals surface area contributed by atoms with Gasteiger partial charge in [0.1, 0.15) is 5.75 Å². The summed E-state index contributed by atoms with van der Waals surface area (Å²) < 4.78 is 64.3. The molecular weight excluding hydrogens is 423 g/mol. The summed E-state index contributed by atoms with van der Waals surface area (Å²) in [6.45, 7) is 2.91. The molecule has 1 fully saturated rings. The van der Waals surface area contributed by atoms with Crippen LogP contribution in [0.2, 0.25) is 0 Å². The highest BCUT2D eigenvalue weighted by molar-refractivity contribution is 7.91. The molecule has 164 valence electrons. The number of amides is 1. The van der Waals surface area contributed by atoms with Crippen molar-refractivity contribution < 1.29 is 31.5 Å². The van der Waals surface area contributed by atoms with Gasteiger partial charge in [-0.15, -0.1) is 0 Å². The summed E-state index contributed by atoms with van der Waals surface area (Å²) >= 11 is 0. The van der Waals surface area contributed by atoms with Crippen molar-refractivity contribution in [1.29, 1.82) is 0 Å². The molecule has 1 aromatic heterocycles. The van der Waals surface area contributed by atoms with E-state index in [1.807, 2.05) is 0 Å². The minimum Gasteiger partial charge on any atom is -0.506 e. The summed E-state index contributed by atoms with van der Waals surface area (Å²) in [6, 6.07) is 4.58. The number of aromatic hydroxyl groups is 1. The van der Waals surface area contributed by atoms with Crippen LogP contribution >= 0.6 is 0 Å². The number of anilines is 1. The zero-order valence-electron chi connectivity index (χ0n) is 16.4. The maximum atomic E-state index is 13.0. The highest BCUT2D eigenvalue weighted by Gasteiger charge is 2.38. The maximum Gasteiger partial charge on any atom is 0.435 e. The second kappa shape index (κ2) is 7.93. The lowest BCUT2D eigenvalue weighted by molar-refractivity contribution is -0.141. The number of rotatable bonds is 7. The third kappa shape index (κ3) is 4.77. The fraction of sp³-hybridized carbons (Fsp3) is 0.474. The van der Waals surface area contributed by atoms with E-state index in [4.69, 9.17) is 0 Å². The molecule has 2 N–H and O–H groups in total. The summed E-state index contributed by atoms with van der Waals surface area (Å²) in [5, 5.41) is 16.0. The van der Waals surface area contributed by atoms with Crippen molar-refractivity contribution in [2.75, 3.05) is 11.1 Å². The first kappa shape index (κ1) is 22.1. The van der Waals surface area contributed by atoms with Crippen LogP contribution < -0.4 is 5.32 Å². The van der Waals surface area contributed by atoms with Crippen molar-refractivity contribution in [3.63, 3.8) is 0 Å². The molecule has 1 atom stereocenters. The van der Waals surface area contributed by atoms with Crippen molar-refractivity contribution in [1.82, 2.24) is 9.78 Å². The number of phenols is 1. The van der Waals surface area contributed by atoms with E-state index in [1.54, 1.807) is 0 Å². The fourth-order valence-corrected chi connectivity index (χ4v) is 3.90. The summed E-state index contributed by atoms with van der Waals surface area (Å²) in [5.41, 5.74) is -0.631. The van der Waals surface area contributed by atoms with Gasteiger partial charge in [-0.2, -0.15) is 18.3 Å². The number of sulfone groups is 1. The Hall–Kier alpha value is -2.56. The second-order valence-corrected chi connectivity index (χ2v) is 9.66. The Morgan fingerprint density at radius 1 is 1.33 bits per heavy atom. The van der Waals surface area contributed by atoms with Gasteiger partial charge in [0.15, 0.2) is 15.5 Å². The lowest BCUT2D eigenvalue weighted by Crippen LogP contribution is -2.26. The molecule has 3 rings (SSSR count). The Bertz CT molecular complexity index is 1060. The average molecular weight is 445 g/mol. The van der Waals surface area contributed by atoms with Crippen molar-refractivity contribution in [2.24, 2.45) is 5.92 Å². The molecule has 1 aromatic carbocycles. The van der Waals surface area contributed by atoms with E-state index >= 15 is 0 Å². The maximum absolute atomic E-state index is 13.0. The van der Waals surface area contributed by atoms with Crippen LogP contribution in [-0.4, -0.2) is 35.0 Å². The molecule has 2 aromatic rings. The van der Waals surface area contributed by atoms with Gasteiger partial charge in [-0.25, -0.2) is 8.42 Å².